The van der Waals surface area contributed by atoms with Gasteiger partial charge in [0.2, 0.25) is 0 Å². The first-order valence-corrected chi connectivity index (χ1v) is 7.51. The Labute approximate surface area is 119 Å². The lowest BCUT2D eigenvalue weighted by atomic mass is 10.1. The van der Waals surface area contributed by atoms with Gasteiger partial charge in [-0.05, 0) is 24.1 Å². The number of nitrogens with one attached hydrogen (secondary N) is 1. The SMILES string of the molecule is CCC(C)CN(C)Cc1cccc(CNC(C)C)c1. The van der Waals surface area contributed by atoms with Crippen LogP contribution in [0.5, 0.6) is 0 Å². The van der Waals surface area contributed by atoms with Crippen LogP contribution in [0.2, 0.25) is 0 Å². The van der Waals surface area contributed by atoms with Crippen molar-refractivity contribution >= 4 is 0 Å². The Morgan fingerprint density at radius 2 is 1.84 bits per heavy atom. The van der Waals surface area contributed by atoms with Crippen molar-refractivity contribution in [1.82, 2.24) is 10.2 Å². The molecule has 0 spiro atoms. The molecule has 2 heteroatoms. The topological polar surface area (TPSA) is 15.3 Å². The molecule has 1 rings (SSSR count). The van der Waals surface area contributed by atoms with Crippen LogP contribution in [0.4, 0.5) is 0 Å². The van der Waals surface area contributed by atoms with Crippen LogP contribution in [0.25, 0.3) is 0 Å². The second kappa shape index (κ2) is 8.34. The zero-order chi connectivity index (χ0) is 14.3. The summed E-state index contributed by atoms with van der Waals surface area (Å²) in [5.74, 6) is 0.774. The van der Waals surface area contributed by atoms with E-state index in [1.165, 1.54) is 24.1 Å². The van der Waals surface area contributed by atoms with Crippen molar-refractivity contribution in [3.63, 3.8) is 0 Å². The average Bonchev–Trinajstić information content (AvgIpc) is 2.36. The summed E-state index contributed by atoms with van der Waals surface area (Å²) < 4.78 is 0. The molecule has 0 radical (unpaired) electrons. The standard InChI is InChI=1S/C17H30N2/c1-6-15(4)12-19(5)13-17-9-7-8-16(10-17)11-18-14(2)3/h7-10,14-15,18H,6,11-13H2,1-5H3. The molecular weight excluding hydrogens is 232 g/mol. The molecule has 0 bridgehead atoms. The van der Waals surface area contributed by atoms with Gasteiger partial charge in [-0.3, -0.25) is 0 Å². The van der Waals surface area contributed by atoms with Crippen LogP contribution >= 0.6 is 0 Å². The third kappa shape index (κ3) is 6.74. The maximum absolute atomic E-state index is 3.47. The van der Waals surface area contributed by atoms with Crippen molar-refractivity contribution in [2.45, 2.75) is 53.2 Å². The fourth-order valence-electron chi connectivity index (χ4n) is 2.20. The molecular formula is C17H30N2. The molecule has 0 amide bonds. The van der Waals surface area contributed by atoms with Crippen molar-refractivity contribution < 1.29 is 0 Å². The van der Waals surface area contributed by atoms with Crippen LogP contribution in [0.3, 0.4) is 0 Å². The maximum atomic E-state index is 3.47. The molecule has 1 atom stereocenters. The van der Waals surface area contributed by atoms with E-state index in [0.29, 0.717) is 6.04 Å². The fourth-order valence-corrected chi connectivity index (χ4v) is 2.20. The highest BCUT2D eigenvalue weighted by atomic mass is 15.1. The van der Waals surface area contributed by atoms with E-state index in [1.54, 1.807) is 0 Å². The molecule has 0 aliphatic rings. The quantitative estimate of drug-likeness (QED) is 0.769. The molecule has 1 aromatic rings. The zero-order valence-corrected chi connectivity index (χ0v) is 13.2. The molecule has 0 saturated carbocycles. The van der Waals surface area contributed by atoms with Crippen LogP contribution in [-0.2, 0) is 13.1 Å². The lowest BCUT2D eigenvalue weighted by molar-refractivity contribution is 0.275. The Morgan fingerprint density at radius 3 is 2.47 bits per heavy atom. The van der Waals surface area contributed by atoms with Gasteiger partial charge in [0.15, 0.2) is 0 Å². The summed E-state index contributed by atoms with van der Waals surface area (Å²) in [4.78, 5) is 2.42. The van der Waals surface area contributed by atoms with E-state index in [4.69, 9.17) is 0 Å². The molecule has 1 N–H and O–H groups in total. The lowest BCUT2D eigenvalue weighted by Gasteiger charge is -2.20. The second-order valence-electron chi connectivity index (χ2n) is 6.07. The van der Waals surface area contributed by atoms with E-state index in [1.807, 2.05) is 0 Å². The Hall–Kier alpha value is -0.860. The molecule has 0 fully saturated rings. The van der Waals surface area contributed by atoms with Gasteiger partial charge in [-0.1, -0.05) is 58.4 Å². The molecule has 2 nitrogen and oxygen atoms in total. The smallest absolute Gasteiger partial charge is 0.0230 e. The molecule has 19 heavy (non-hydrogen) atoms. The van der Waals surface area contributed by atoms with Crippen molar-refractivity contribution in [2.75, 3.05) is 13.6 Å². The van der Waals surface area contributed by atoms with Gasteiger partial charge in [0.05, 0.1) is 0 Å². The van der Waals surface area contributed by atoms with Crippen molar-refractivity contribution in [3.8, 4) is 0 Å². The summed E-state index contributed by atoms with van der Waals surface area (Å²) in [6, 6.07) is 9.46. The first-order valence-electron chi connectivity index (χ1n) is 7.51. The minimum atomic E-state index is 0.539. The van der Waals surface area contributed by atoms with Crippen molar-refractivity contribution in [2.24, 2.45) is 5.92 Å². The monoisotopic (exact) mass is 262 g/mol. The Balaban J connectivity index is 2.51. The van der Waals surface area contributed by atoms with E-state index in [2.05, 4.69) is 69.2 Å². The predicted molar refractivity (Wildman–Crippen MR) is 84.2 cm³/mol. The highest BCUT2D eigenvalue weighted by Gasteiger charge is 2.05. The van der Waals surface area contributed by atoms with Gasteiger partial charge < -0.3 is 10.2 Å². The minimum Gasteiger partial charge on any atom is -0.310 e. The van der Waals surface area contributed by atoms with Crippen LogP contribution in [0.15, 0.2) is 24.3 Å². The van der Waals surface area contributed by atoms with Crippen molar-refractivity contribution in [1.29, 1.82) is 0 Å². The molecule has 0 aliphatic heterocycles. The fraction of sp³-hybridized carbons (Fsp3) is 0.647. The Bertz CT molecular complexity index is 360. The lowest BCUT2D eigenvalue weighted by Crippen LogP contribution is -2.24. The van der Waals surface area contributed by atoms with E-state index in [0.717, 1.165) is 19.0 Å². The Kier molecular flexibility index (Phi) is 7.11. The number of hydrogen-bond donors (Lipinski definition) is 1. The van der Waals surface area contributed by atoms with Gasteiger partial charge in [-0.25, -0.2) is 0 Å². The van der Waals surface area contributed by atoms with Gasteiger partial charge in [-0.15, -0.1) is 0 Å². The number of benzene rings is 1. The molecule has 0 aliphatic carbocycles. The normalized spacial score (nSPS) is 13.2. The van der Waals surface area contributed by atoms with E-state index < -0.39 is 0 Å². The van der Waals surface area contributed by atoms with Crippen molar-refractivity contribution in [3.05, 3.63) is 35.4 Å². The van der Waals surface area contributed by atoms with Gasteiger partial charge in [-0.2, -0.15) is 0 Å². The zero-order valence-electron chi connectivity index (χ0n) is 13.2. The summed E-state index contributed by atoms with van der Waals surface area (Å²) in [5.41, 5.74) is 2.79. The largest absolute Gasteiger partial charge is 0.310 e. The summed E-state index contributed by atoms with van der Waals surface area (Å²) >= 11 is 0. The predicted octanol–water partition coefficient (Wildman–Crippen LogP) is 3.66. The van der Waals surface area contributed by atoms with E-state index in [-0.39, 0.29) is 0 Å². The highest BCUT2D eigenvalue weighted by molar-refractivity contribution is 5.23. The summed E-state index contributed by atoms with van der Waals surface area (Å²) in [6.45, 7) is 12.1. The number of hydrogen-bond acceptors (Lipinski definition) is 2. The molecule has 108 valence electrons. The number of nitrogens with zero attached hydrogens (tertiary/aromatic N) is 1. The third-order valence-electron chi connectivity index (χ3n) is 3.48. The molecule has 0 aromatic heterocycles. The molecule has 0 heterocycles. The maximum Gasteiger partial charge on any atom is 0.0230 e. The summed E-state index contributed by atoms with van der Waals surface area (Å²) in [7, 11) is 2.21. The summed E-state index contributed by atoms with van der Waals surface area (Å²) in [6.07, 6.45) is 1.25. The van der Waals surface area contributed by atoms with E-state index in [9.17, 15) is 0 Å². The highest BCUT2D eigenvalue weighted by Crippen LogP contribution is 2.10. The molecule has 1 aromatic carbocycles. The van der Waals surface area contributed by atoms with Crippen LogP contribution < -0.4 is 5.32 Å². The van der Waals surface area contributed by atoms with Gasteiger partial charge in [0, 0.05) is 25.7 Å². The first kappa shape index (κ1) is 16.2. The average molecular weight is 262 g/mol. The number of rotatable bonds is 8. The van der Waals surface area contributed by atoms with Gasteiger partial charge in [0.25, 0.3) is 0 Å². The van der Waals surface area contributed by atoms with E-state index >= 15 is 0 Å². The summed E-state index contributed by atoms with van der Waals surface area (Å²) in [5, 5.41) is 3.47. The van der Waals surface area contributed by atoms with Crippen LogP contribution in [0.1, 0.15) is 45.2 Å². The second-order valence-corrected chi connectivity index (χ2v) is 6.07. The van der Waals surface area contributed by atoms with Gasteiger partial charge in [0.1, 0.15) is 0 Å². The van der Waals surface area contributed by atoms with Crippen LogP contribution in [0, 0.1) is 5.92 Å². The molecule has 1 unspecified atom stereocenters. The third-order valence-corrected chi connectivity index (χ3v) is 3.48. The minimum absolute atomic E-state index is 0.539. The Morgan fingerprint density at radius 1 is 1.16 bits per heavy atom. The van der Waals surface area contributed by atoms with Gasteiger partial charge >= 0.3 is 0 Å². The molecule has 0 saturated heterocycles. The first-order chi connectivity index (χ1) is 9.01. The van der Waals surface area contributed by atoms with Crippen LogP contribution in [-0.4, -0.2) is 24.5 Å².